The second kappa shape index (κ2) is 6.49. The third-order valence-corrected chi connectivity index (χ3v) is 5.69. The average molecular weight is 336 g/mol. The van der Waals surface area contributed by atoms with E-state index in [4.69, 9.17) is 16.3 Å². The molecule has 0 N–H and O–H groups in total. The Hall–Kier alpha value is -1.23. The number of ether oxygens (including phenoxy) is 1. The highest BCUT2D eigenvalue weighted by molar-refractivity contribution is 8.04. The number of hydrogen-bond donors (Lipinski definition) is 0. The SMILES string of the molecule is C=C1C=C2CN([C@H](C(=O)OC)c3ccccc3Cl)CC[C@@H]2S1. The molecule has 0 aromatic heterocycles. The largest absolute Gasteiger partial charge is 0.468 e. The van der Waals surface area contributed by atoms with E-state index in [-0.39, 0.29) is 5.97 Å². The van der Waals surface area contributed by atoms with Gasteiger partial charge in [0.25, 0.3) is 0 Å². The summed E-state index contributed by atoms with van der Waals surface area (Å²) in [5.41, 5.74) is 2.14. The number of fused-ring (bicyclic) bond motifs is 1. The molecule has 0 amide bonds. The molecule has 3 rings (SSSR count). The second-order valence-corrected chi connectivity index (χ2v) is 7.23. The summed E-state index contributed by atoms with van der Waals surface area (Å²) in [7, 11) is 1.42. The first-order chi connectivity index (χ1) is 10.6. The number of likely N-dealkylation sites (tertiary alicyclic amines) is 1. The van der Waals surface area contributed by atoms with Crippen LogP contribution in [0.1, 0.15) is 18.0 Å². The summed E-state index contributed by atoms with van der Waals surface area (Å²) >= 11 is 8.13. The molecule has 2 heterocycles. The minimum absolute atomic E-state index is 0.267. The van der Waals surface area contributed by atoms with E-state index in [0.717, 1.165) is 30.0 Å². The number of nitrogens with zero attached hydrogens (tertiary/aromatic N) is 1. The first-order valence-corrected chi connectivity index (χ1v) is 8.48. The van der Waals surface area contributed by atoms with Gasteiger partial charge in [-0.2, -0.15) is 0 Å². The summed E-state index contributed by atoms with van der Waals surface area (Å²) in [6, 6.07) is 7.02. The lowest BCUT2D eigenvalue weighted by Crippen LogP contribution is -2.42. The highest BCUT2D eigenvalue weighted by Gasteiger charge is 2.36. The van der Waals surface area contributed by atoms with Gasteiger partial charge in [0.1, 0.15) is 6.04 Å². The number of methoxy groups -OCH3 is 1. The van der Waals surface area contributed by atoms with Crippen LogP contribution in [0.4, 0.5) is 0 Å². The Bertz CT molecular complexity index is 643. The van der Waals surface area contributed by atoms with Crippen molar-refractivity contribution in [2.75, 3.05) is 20.2 Å². The van der Waals surface area contributed by atoms with Crippen LogP contribution < -0.4 is 0 Å². The van der Waals surface area contributed by atoms with Gasteiger partial charge in [-0.15, -0.1) is 11.8 Å². The molecule has 1 fully saturated rings. The van der Waals surface area contributed by atoms with Crippen LogP contribution in [0.2, 0.25) is 5.02 Å². The molecule has 1 saturated heterocycles. The molecule has 2 atom stereocenters. The van der Waals surface area contributed by atoms with E-state index in [2.05, 4.69) is 17.6 Å². The standard InChI is InChI=1S/C17H18ClNO2S/c1-11-9-12-10-19(8-7-15(12)22-11)16(17(20)21-2)13-5-3-4-6-14(13)18/h3-6,9,15-16H,1,7-8,10H2,2H3/t15-,16-/m0/s1. The number of esters is 1. The first-order valence-electron chi connectivity index (χ1n) is 7.22. The van der Waals surface area contributed by atoms with Gasteiger partial charge >= 0.3 is 5.97 Å². The van der Waals surface area contributed by atoms with Gasteiger partial charge in [-0.25, -0.2) is 4.79 Å². The molecule has 0 aliphatic carbocycles. The summed E-state index contributed by atoms with van der Waals surface area (Å²) in [6.07, 6.45) is 3.15. The van der Waals surface area contributed by atoms with Crippen molar-refractivity contribution in [3.05, 3.63) is 58.0 Å². The average Bonchev–Trinajstić information content (AvgIpc) is 2.88. The van der Waals surface area contributed by atoms with Crippen LogP contribution in [0.25, 0.3) is 0 Å². The van der Waals surface area contributed by atoms with Crippen molar-refractivity contribution in [1.82, 2.24) is 4.90 Å². The summed E-state index contributed by atoms with van der Waals surface area (Å²) in [5.74, 6) is -0.267. The lowest BCUT2D eigenvalue weighted by Gasteiger charge is -2.36. The van der Waals surface area contributed by atoms with Gasteiger partial charge in [-0.1, -0.05) is 36.4 Å². The van der Waals surface area contributed by atoms with E-state index in [1.165, 1.54) is 12.7 Å². The van der Waals surface area contributed by atoms with Crippen LogP contribution in [0.5, 0.6) is 0 Å². The molecule has 22 heavy (non-hydrogen) atoms. The number of halogens is 1. The molecule has 1 aromatic carbocycles. The fraction of sp³-hybridized carbons (Fsp3) is 0.353. The highest BCUT2D eigenvalue weighted by Crippen LogP contribution is 2.42. The van der Waals surface area contributed by atoms with Crippen LogP contribution >= 0.6 is 23.4 Å². The molecule has 116 valence electrons. The van der Waals surface area contributed by atoms with Crippen LogP contribution in [0, 0.1) is 0 Å². The Morgan fingerprint density at radius 2 is 2.27 bits per heavy atom. The smallest absolute Gasteiger partial charge is 0.327 e. The number of piperidine rings is 1. The molecule has 0 unspecified atom stereocenters. The number of carbonyl (C=O) groups is 1. The highest BCUT2D eigenvalue weighted by atomic mass is 35.5. The van der Waals surface area contributed by atoms with Crippen LogP contribution in [-0.4, -0.2) is 36.3 Å². The number of allylic oxidation sites excluding steroid dienone is 1. The normalized spacial score (nSPS) is 22.9. The van der Waals surface area contributed by atoms with E-state index >= 15 is 0 Å². The Morgan fingerprint density at radius 1 is 1.50 bits per heavy atom. The van der Waals surface area contributed by atoms with E-state index in [1.807, 2.05) is 36.0 Å². The van der Waals surface area contributed by atoms with E-state index in [1.54, 1.807) is 0 Å². The zero-order valence-corrected chi connectivity index (χ0v) is 14.0. The lowest BCUT2D eigenvalue weighted by atomic mass is 9.98. The number of hydrogen-bond acceptors (Lipinski definition) is 4. The Balaban J connectivity index is 1.91. The first kappa shape index (κ1) is 15.7. The third-order valence-electron chi connectivity index (χ3n) is 4.11. The predicted molar refractivity (Wildman–Crippen MR) is 91.0 cm³/mol. The summed E-state index contributed by atoms with van der Waals surface area (Å²) in [4.78, 5) is 15.6. The van der Waals surface area contributed by atoms with Crippen molar-refractivity contribution >= 4 is 29.3 Å². The zero-order chi connectivity index (χ0) is 15.7. The van der Waals surface area contributed by atoms with Gasteiger partial charge in [0.05, 0.1) is 7.11 Å². The van der Waals surface area contributed by atoms with Crippen LogP contribution in [-0.2, 0) is 9.53 Å². The Morgan fingerprint density at radius 3 is 3.00 bits per heavy atom. The Labute approximate surface area is 140 Å². The summed E-state index contributed by atoms with van der Waals surface area (Å²) in [5, 5.41) is 1.10. The number of benzene rings is 1. The van der Waals surface area contributed by atoms with Crippen LogP contribution in [0.15, 0.2) is 47.4 Å². The molecule has 0 spiro atoms. The maximum absolute atomic E-state index is 12.4. The van der Waals surface area contributed by atoms with Crippen molar-refractivity contribution in [1.29, 1.82) is 0 Å². The molecule has 5 heteroatoms. The quantitative estimate of drug-likeness (QED) is 0.785. The van der Waals surface area contributed by atoms with Crippen molar-refractivity contribution < 1.29 is 9.53 Å². The third kappa shape index (κ3) is 2.96. The molecule has 1 aromatic rings. The summed E-state index contributed by atoms with van der Waals surface area (Å²) < 4.78 is 5.03. The molecule has 3 nitrogen and oxygen atoms in total. The fourth-order valence-electron chi connectivity index (χ4n) is 3.08. The maximum Gasteiger partial charge on any atom is 0.327 e. The minimum atomic E-state index is -0.459. The molecule has 0 saturated carbocycles. The molecule has 2 aliphatic heterocycles. The monoisotopic (exact) mass is 335 g/mol. The fourth-order valence-corrected chi connectivity index (χ4v) is 4.42. The summed E-state index contributed by atoms with van der Waals surface area (Å²) in [6.45, 7) is 5.62. The van der Waals surface area contributed by atoms with Gasteiger partial charge in [-0.3, -0.25) is 4.90 Å². The van der Waals surface area contributed by atoms with Crippen molar-refractivity contribution in [3.8, 4) is 0 Å². The predicted octanol–water partition coefficient (Wildman–Crippen LogP) is 3.82. The number of carbonyl (C=O) groups excluding carboxylic acids is 1. The van der Waals surface area contributed by atoms with Crippen molar-refractivity contribution in [2.45, 2.75) is 17.7 Å². The van der Waals surface area contributed by atoms with E-state index < -0.39 is 6.04 Å². The molecular formula is C17H18ClNO2S. The van der Waals surface area contributed by atoms with Crippen molar-refractivity contribution in [2.24, 2.45) is 0 Å². The number of thioether (sulfide) groups is 1. The van der Waals surface area contributed by atoms with Crippen molar-refractivity contribution in [3.63, 3.8) is 0 Å². The number of rotatable bonds is 3. The lowest BCUT2D eigenvalue weighted by molar-refractivity contribution is -0.147. The van der Waals surface area contributed by atoms with Gasteiger partial charge in [0.15, 0.2) is 0 Å². The zero-order valence-electron chi connectivity index (χ0n) is 12.4. The molecular weight excluding hydrogens is 318 g/mol. The molecule has 0 radical (unpaired) electrons. The maximum atomic E-state index is 12.4. The molecule has 2 aliphatic rings. The van der Waals surface area contributed by atoms with Gasteiger partial charge in [-0.05, 0) is 29.7 Å². The minimum Gasteiger partial charge on any atom is -0.468 e. The Kier molecular flexibility index (Phi) is 4.62. The topological polar surface area (TPSA) is 29.5 Å². The van der Waals surface area contributed by atoms with Gasteiger partial charge < -0.3 is 4.74 Å². The van der Waals surface area contributed by atoms with Gasteiger partial charge in [0, 0.05) is 28.3 Å². The van der Waals surface area contributed by atoms with Gasteiger partial charge in [0.2, 0.25) is 0 Å². The molecule has 0 bridgehead atoms. The second-order valence-electron chi connectivity index (χ2n) is 5.50. The van der Waals surface area contributed by atoms with E-state index in [0.29, 0.717) is 10.3 Å². The van der Waals surface area contributed by atoms with E-state index in [9.17, 15) is 4.79 Å². The van der Waals surface area contributed by atoms with Crippen LogP contribution in [0.3, 0.4) is 0 Å².